The average Bonchev–Trinajstić information content (AvgIpc) is 2.04. The van der Waals surface area contributed by atoms with Crippen molar-refractivity contribution < 1.29 is 5.11 Å². The molecule has 0 radical (unpaired) electrons. The molecule has 2 N–H and O–H groups in total. The molecule has 0 spiro atoms. The van der Waals surface area contributed by atoms with Gasteiger partial charge < -0.3 is 10.4 Å². The third-order valence-electron chi connectivity index (χ3n) is 2.37. The Bertz CT molecular complexity index is 169. The van der Waals surface area contributed by atoms with Gasteiger partial charge in [0.15, 0.2) is 0 Å². The molecule has 0 bridgehead atoms. The molecule has 1 aliphatic rings. The minimum Gasteiger partial charge on any atom is -0.389 e. The minimum absolute atomic E-state index is 0.579. The predicted molar refractivity (Wildman–Crippen MR) is 55.6 cm³/mol. The topological polar surface area (TPSA) is 32.3 Å². The van der Waals surface area contributed by atoms with Crippen LogP contribution in [0.25, 0.3) is 0 Å². The molecular formula is C11H21NO. The standard InChI is InChI=1S/C11H21NO/c1-11(2,13)9-12-8-10-6-4-3-5-7-10/h3-4,10,12-13H,5-9H2,1-2H3/t10-/m0/s1. The molecular weight excluding hydrogens is 162 g/mol. The normalized spacial score (nSPS) is 23.5. The number of nitrogens with one attached hydrogen (secondary N) is 1. The molecule has 2 heteroatoms. The van der Waals surface area contributed by atoms with E-state index < -0.39 is 5.60 Å². The molecule has 1 atom stereocenters. The van der Waals surface area contributed by atoms with Crippen LogP contribution >= 0.6 is 0 Å². The van der Waals surface area contributed by atoms with E-state index in [1.54, 1.807) is 0 Å². The van der Waals surface area contributed by atoms with Crippen molar-refractivity contribution in [1.29, 1.82) is 0 Å². The summed E-state index contributed by atoms with van der Waals surface area (Å²) in [6.07, 6.45) is 8.22. The van der Waals surface area contributed by atoms with Crippen molar-refractivity contribution in [2.75, 3.05) is 13.1 Å². The van der Waals surface area contributed by atoms with Gasteiger partial charge in [-0.1, -0.05) is 12.2 Å². The number of rotatable bonds is 4. The maximum absolute atomic E-state index is 9.47. The van der Waals surface area contributed by atoms with E-state index in [4.69, 9.17) is 0 Å². The molecule has 0 aromatic carbocycles. The molecule has 0 amide bonds. The van der Waals surface area contributed by atoms with Gasteiger partial charge in [-0.25, -0.2) is 0 Å². The van der Waals surface area contributed by atoms with Crippen molar-refractivity contribution in [2.45, 2.75) is 38.7 Å². The Morgan fingerprint density at radius 3 is 2.77 bits per heavy atom. The van der Waals surface area contributed by atoms with Crippen LogP contribution in [0.3, 0.4) is 0 Å². The molecule has 0 heterocycles. The minimum atomic E-state index is -0.579. The summed E-state index contributed by atoms with van der Waals surface area (Å²) in [6, 6.07) is 0. The fraction of sp³-hybridized carbons (Fsp3) is 0.818. The highest BCUT2D eigenvalue weighted by Gasteiger charge is 2.14. The van der Waals surface area contributed by atoms with Crippen LogP contribution in [0.4, 0.5) is 0 Å². The molecule has 1 aliphatic carbocycles. The lowest BCUT2D eigenvalue weighted by atomic mass is 9.94. The van der Waals surface area contributed by atoms with Crippen LogP contribution in [-0.2, 0) is 0 Å². The number of hydrogen-bond acceptors (Lipinski definition) is 2. The molecule has 1 rings (SSSR count). The smallest absolute Gasteiger partial charge is 0.0715 e. The van der Waals surface area contributed by atoms with Crippen molar-refractivity contribution in [3.8, 4) is 0 Å². The average molecular weight is 183 g/mol. The van der Waals surface area contributed by atoms with E-state index in [1.807, 2.05) is 13.8 Å². The van der Waals surface area contributed by atoms with Gasteiger partial charge in [0.25, 0.3) is 0 Å². The first-order valence-electron chi connectivity index (χ1n) is 5.16. The monoisotopic (exact) mass is 183 g/mol. The first kappa shape index (κ1) is 10.7. The number of aliphatic hydroxyl groups is 1. The quantitative estimate of drug-likeness (QED) is 0.650. The van der Waals surface area contributed by atoms with Crippen LogP contribution in [0.1, 0.15) is 33.1 Å². The van der Waals surface area contributed by atoms with E-state index in [0.717, 1.165) is 12.5 Å². The molecule has 0 aromatic rings. The Morgan fingerprint density at radius 2 is 2.23 bits per heavy atom. The van der Waals surface area contributed by atoms with Gasteiger partial charge in [-0.05, 0) is 45.6 Å². The van der Waals surface area contributed by atoms with E-state index in [-0.39, 0.29) is 0 Å². The molecule has 2 nitrogen and oxygen atoms in total. The zero-order chi connectivity index (χ0) is 9.73. The summed E-state index contributed by atoms with van der Waals surface area (Å²) in [4.78, 5) is 0. The van der Waals surface area contributed by atoms with Gasteiger partial charge in [-0.15, -0.1) is 0 Å². The molecule has 0 aliphatic heterocycles. The summed E-state index contributed by atoms with van der Waals surface area (Å²) in [5.74, 6) is 0.771. The fourth-order valence-electron chi connectivity index (χ4n) is 1.62. The SMILES string of the molecule is CC(C)(O)CNC[C@H]1CC=CCC1. The Balaban J connectivity index is 2.09. The zero-order valence-electron chi connectivity index (χ0n) is 8.71. The van der Waals surface area contributed by atoms with Crippen molar-refractivity contribution >= 4 is 0 Å². The molecule has 0 saturated heterocycles. The first-order valence-corrected chi connectivity index (χ1v) is 5.16. The maximum Gasteiger partial charge on any atom is 0.0715 e. The van der Waals surface area contributed by atoms with Crippen LogP contribution in [0, 0.1) is 5.92 Å². The lowest BCUT2D eigenvalue weighted by molar-refractivity contribution is 0.0786. The Kier molecular flexibility index (Phi) is 3.94. The van der Waals surface area contributed by atoms with Crippen molar-refractivity contribution in [3.63, 3.8) is 0 Å². The lowest BCUT2D eigenvalue weighted by Crippen LogP contribution is -2.37. The maximum atomic E-state index is 9.47. The van der Waals surface area contributed by atoms with Gasteiger partial charge in [-0.2, -0.15) is 0 Å². The van der Waals surface area contributed by atoms with Gasteiger partial charge >= 0.3 is 0 Å². The second kappa shape index (κ2) is 4.77. The van der Waals surface area contributed by atoms with Crippen LogP contribution in [0.2, 0.25) is 0 Å². The second-order valence-electron chi connectivity index (χ2n) is 4.59. The Labute approximate surface area is 81.0 Å². The molecule has 0 fully saturated rings. The number of allylic oxidation sites excluding steroid dienone is 2. The van der Waals surface area contributed by atoms with Crippen LogP contribution in [0.5, 0.6) is 0 Å². The van der Waals surface area contributed by atoms with Gasteiger partial charge in [0.1, 0.15) is 0 Å². The van der Waals surface area contributed by atoms with Gasteiger partial charge in [0, 0.05) is 6.54 Å². The third-order valence-corrected chi connectivity index (χ3v) is 2.37. The van der Waals surface area contributed by atoms with E-state index in [1.165, 1.54) is 19.3 Å². The van der Waals surface area contributed by atoms with E-state index >= 15 is 0 Å². The first-order chi connectivity index (χ1) is 6.08. The summed E-state index contributed by atoms with van der Waals surface area (Å²) in [5.41, 5.74) is -0.579. The summed E-state index contributed by atoms with van der Waals surface area (Å²) in [7, 11) is 0. The summed E-state index contributed by atoms with van der Waals surface area (Å²) >= 11 is 0. The second-order valence-corrected chi connectivity index (χ2v) is 4.59. The van der Waals surface area contributed by atoms with Crippen LogP contribution < -0.4 is 5.32 Å². The zero-order valence-corrected chi connectivity index (χ0v) is 8.71. The Morgan fingerprint density at radius 1 is 1.46 bits per heavy atom. The molecule has 0 unspecified atom stereocenters. The Hall–Kier alpha value is -0.340. The van der Waals surface area contributed by atoms with E-state index in [9.17, 15) is 5.11 Å². The highest BCUT2D eigenvalue weighted by molar-refractivity contribution is 4.90. The van der Waals surface area contributed by atoms with Crippen LogP contribution in [-0.4, -0.2) is 23.8 Å². The van der Waals surface area contributed by atoms with Crippen molar-refractivity contribution in [1.82, 2.24) is 5.32 Å². The predicted octanol–water partition coefficient (Wildman–Crippen LogP) is 1.70. The highest BCUT2D eigenvalue weighted by Crippen LogP contribution is 2.16. The molecule has 0 aromatic heterocycles. The van der Waals surface area contributed by atoms with E-state index in [2.05, 4.69) is 17.5 Å². The van der Waals surface area contributed by atoms with Gasteiger partial charge in [0.05, 0.1) is 5.60 Å². The summed E-state index contributed by atoms with van der Waals surface area (Å²) in [5, 5.41) is 12.8. The summed E-state index contributed by atoms with van der Waals surface area (Å²) in [6.45, 7) is 5.39. The summed E-state index contributed by atoms with van der Waals surface area (Å²) < 4.78 is 0. The van der Waals surface area contributed by atoms with Gasteiger partial charge in [0.2, 0.25) is 0 Å². The molecule has 0 saturated carbocycles. The molecule has 13 heavy (non-hydrogen) atoms. The number of hydrogen-bond donors (Lipinski definition) is 2. The lowest BCUT2D eigenvalue weighted by Gasteiger charge is -2.22. The van der Waals surface area contributed by atoms with E-state index in [0.29, 0.717) is 6.54 Å². The van der Waals surface area contributed by atoms with Crippen molar-refractivity contribution in [3.05, 3.63) is 12.2 Å². The third kappa shape index (κ3) is 5.06. The fourth-order valence-corrected chi connectivity index (χ4v) is 1.62. The largest absolute Gasteiger partial charge is 0.389 e. The molecule has 76 valence electrons. The van der Waals surface area contributed by atoms with Crippen LogP contribution in [0.15, 0.2) is 12.2 Å². The van der Waals surface area contributed by atoms with Crippen molar-refractivity contribution in [2.24, 2.45) is 5.92 Å². The van der Waals surface area contributed by atoms with Gasteiger partial charge in [-0.3, -0.25) is 0 Å². The highest BCUT2D eigenvalue weighted by atomic mass is 16.3.